The lowest BCUT2D eigenvalue weighted by Crippen LogP contribution is -2.50. The zero-order valence-corrected chi connectivity index (χ0v) is 10.7. The number of carbonyl (C=O) groups is 2. The van der Waals surface area contributed by atoms with Gasteiger partial charge in [-0.1, -0.05) is 17.8 Å². The third-order valence-corrected chi connectivity index (χ3v) is 3.55. The van der Waals surface area contributed by atoms with Crippen LogP contribution in [0.15, 0.2) is 29.4 Å². The summed E-state index contributed by atoms with van der Waals surface area (Å²) in [6, 6.07) is 5.18. The fourth-order valence-corrected chi connectivity index (χ4v) is 2.39. The molecule has 2 amide bonds. The summed E-state index contributed by atoms with van der Waals surface area (Å²) in [5, 5.41) is 6.28. The number of hydrogen-bond donors (Lipinski definition) is 2. The Morgan fingerprint density at radius 3 is 3.17 bits per heavy atom. The summed E-state index contributed by atoms with van der Waals surface area (Å²) in [4.78, 5) is 27.3. The Balaban J connectivity index is 1.76. The molecule has 0 bridgehead atoms. The number of thioether (sulfide) groups is 1. The van der Waals surface area contributed by atoms with Gasteiger partial charge in [0.15, 0.2) is 0 Å². The number of nitrogens with one attached hydrogen (secondary N) is 2. The topological polar surface area (TPSA) is 71.1 Å². The lowest BCUT2D eigenvalue weighted by Gasteiger charge is -2.22. The van der Waals surface area contributed by atoms with Crippen LogP contribution in [0.3, 0.4) is 0 Å². The van der Waals surface area contributed by atoms with Crippen LogP contribution in [0.1, 0.15) is 12.8 Å². The minimum atomic E-state index is -0.379. The standard InChI is InChI=1S/C12H15N3O2S/c16-10(8-18-11-5-1-2-6-13-11)15-9-4-3-7-14-12(9)17/h1-2,5-6,9H,3-4,7-8H2,(H,14,17)(H,15,16)/t9-/m0/s1. The van der Waals surface area contributed by atoms with Crippen LogP contribution in [0.25, 0.3) is 0 Å². The van der Waals surface area contributed by atoms with Crippen molar-refractivity contribution in [3.8, 4) is 0 Å². The van der Waals surface area contributed by atoms with Gasteiger partial charge in [0.2, 0.25) is 11.8 Å². The van der Waals surface area contributed by atoms with Crippen molar-refractivity contribution >= 4 is 23.6 Å². The number of carbonyl (C=O) groups excluding carboxylic acids is 2. The predicted octanol–water partition coefficient (Wildman–Crippen LogP) is 0.568. The zero-order chi connectivity index (χ0) is 12.8. The van der Waals surface area contributed by atoms with Crippen LogP contribution in [-0.2, 0) is 9.59 Å². The summed E-state index contributed by atoms with van der Waals surface area (Å²) in [5.41, 5.74) is 0. The molecule has 1 fully saturated rings. The molecule has 2 rings (SSSR count). The van der Waals surface area contributed by atoms with Gasteiger partial charge in [-0.2, -0.15) is 0 Å². The average Bonchev–Trinajstić information content (AvgIpc) is 2.40. The lowest BCUT2D eigenvalue weighted by atomic mass is 10.1. The van der Waals surface area contributed by atoms with E-state index < -0.39 is 0 Å². The summed E-state index contributed by atoms with van der Waals surface area (Å²) in [6.45, 7) is 0.702. The molecule has 0 spiro atoms. The number of pyridine rings is 1. The maximum absolute atomic E-state index is 11.7. The summed E-state index contributed by atoms with van der Waals surface area (Å²) < 4.78 is 0. The SMILES string of the molecule is O=C(CSc1ccccn1)N[C@H]1CCCNC1=O. The minimum Gasteiger partial charge on any atom is -0.354 e. The second-order valence-electron chi connectivity index (χ2n) is 4.01. The van der Waals surface area contributed by atoms with E-state index in [2.05, 4.69) is 15.6 Å². The van der Waals surface area contributed by atoms with Gasteiger partial charge in [-0.3, -0.25) is 9.59 Å². The highest BCUT2D eigenvalue weighted by atomic mass is 32.2. The maximum atomic E-state index is 11.7. The smallest absolute Gasteiger partial charge is 0.242 e. The number of rotatable bonds is 4. The van der Waals surface area contributed by atoms with Crippen molar-refractivity contribution in [2.75, 3.05) is 12.3 Å². The van der Waals surface area contributed by atoms with E-state index in [1.807, 2.05) is 18.2 Å². The van der Waals surface area contributed by atoms with E-state index in [1.54, 1.807) is 6.20 Å². The molecule has 1 aliphatic heterocycles. The lowest BCUT2D eigenvalue weighted by molar-refractivity contribution is -0.129. The normalized spacial score (nSPS) is 19.1. The second-order valence-corrected chi connectivity index (χ2v) is 5.01. The fraction of sp³-hybridized carbons (Fsp3) is 0.417. The van der Waals surface area contributed by atoms with Gasteiger partial charge in [0.1, 0.15) is 6.04 Å². The fourth-order valence-electron chi connectivity index (χ4n) is 1.72. The molecule has 1 saturated heterocycles. The molecule has 6 heteroatoms. The molecule has 1 aromatic rings. The van der Waals surface area contributed by atoms with Crippen molar-refractivity contribution in [2.45, 2.75) is 23.9 Å². The van der Waals surface area contributed by atoms with Crippen molar-refractivity contribution in [3.63, 3.8) is 0 Å². The predicted molar refractivity (Wildman–Crippen MR) is 69.1 cm³/mol. The van der Waals surface area contributed by atoms with Crippen LogP contribution in [0, 0.1) is 0 Å². The highest BCUT2D eigenvalue weighted by Crippen LogP contribution is 2.13. The van der Waals surface area contributed by atoms with Crippen LogP contribution in [0.5, 0.6) is 0 Å². The van der Waals surface area contributed by atoms with Gasteiger partial charge in [0, 0.05) is 12.7 Å². The van der Waals surface area contributed by atoms with Gasteiger partial charge in [-0.05, 0) is 25.0 Å². The highest BCUT2D eigenvalue weighted by Gasteiger charge is 2.23. The molecule has 2 heterocycles. The summed E-state index contributed by atoms with van der Waals surface area (Å²) in [5.74, 6) is 0.0611. The first-order valence-corrected chi connectivity index (χ1v) is 6.85. The molecule has 18 heavy (non-hydrogen) atoms. The van der Waals surface area contributed by atoms with Gasteiger partial charge in [0.25, 0.3) is 0 Å². The van der Waals surface area contributed by atoms with Crippen LogP contribution in [0.2, 0.25) is 0 Å². The zero-order valence-electron chi connectivity index (χ0n) is 9.89. The number of hydrogen-bond acceptors (Lipinski definition) is 4. The van der Waals surface area contributed by atoms with Gasteiger partial charge < -0.3 is 10.6 Å². The molecule has 0 unspecified atom stereocenters. The molecule has 0 radical (unpaired) electrons. The van der Waals surface area contributed by atoms with E-state index in [0.717, 1.165) is 11.4 Å². The first kappa shape index (κ1) is 12.9. The van der Waals surface area contributed by atoms with Gasteiger partial charge in [-0.15, -0.1) is 0 Å². The average molecular weight is 265 g/mol. The van der Waals surface area contributed by atoms with Crippen molar-refractivity contribution in [1.82, 2.24) is 15.6 Å². The van der Waals surface area contributed by atoms with E-state index in [0.29, 0.717) is 13.0 Å². The van der Waals surface area contributed by atoms with E-state index in [9.17, 15) is 9.59 Å². The molecule has 0 saturated carbocycles. The number of nitrogens with zero attached hydrogens (tertiary/aromatic N) is 1. The highest BCUT2D eigenvalue weighted by molar-refractivity contribution is 7.99. The molecular weight excluding hydrogens is 250 g/mol. The van der Waals surface area contributed by atoms with Crippen LogP contribution in [-0.4, -0.2) is 35.1 Å². The Kier molecular flexibility index (Phi) is 4.58. The van der Waals surface area contributed by atoms with Gasteiger partial charge >= 0.3 is 0 Å². The van der Waals surface area contributed by atoms with Crippen molar-refractivity contribution in [3.05, 3.63) is 24.4 Å². The largest absolute Gasteiger partial charge is 0.354 e. The van der Waals surface area contributed by atoms with Crippen LogP contribution >= 0.6 is 11.8 Å². The molecule has 1 aliphatic rings. The Labute approximate surface area is 110 Å². The Morgan fingerprint density at radius 2 is 2.44 bits per heavy atom. The number of amides is 2. The monoisotopic (exact) mass is 265 g/mol. The minimum absolute atomic E-state index is 0.0857. The molecule has 1 aromatic heterocycles. The third-order valence-electron chi connectivity index (χ3n) is 2.61. The molecule has 0 aliphatic carbocycles. The van der Waals surface area contributed by atoms with Crippen LogP contribution < -0.4 is 10.6 Å². The van der Waals surface area contributed by atoms with E-state index >= 15 is 0 Å². The Morgan fingerprint density at radius 1 is 1.56 bits per heavy atom. The van der Waals surface area contributed by atoms with Crippen LogP contribution in [0.4, 0.5) is 0 Å². The second kappa shape index (κ2) is 6.39. The molecule has 96 valence electrons. The molecule has 1 atom stereocenters. The summed E-state index contributed by atoms with van der Waals surface area (Å²) >= 11 is 1.36. The van der Waals surface area contributed by atoms with Crippen molar-refractivity contribution < 1.29 is 9.59 Å². The van der Waals surface area contributed by atoms with Gasteiger partial charge in [-0.25, -0.2) is 4.98 Å². The Hall–Kier alpha value is -1.56. The van der Waals surface area contributed by atoms with E-state index in [-0.39, 0.29) is 23.6 Å². The first-order valence-electron chi connectivity index (χ1n) is 5.86. The van der Waals surface area contributed by atoms with Crippen molar-refractivity contribution in [2.24, 2.45) is 0 Å². The third kappa shape index (κ3) is 3.73. The molecular formula is C12H15N3O2S. The number of piperidine rings is 1. The van der Waals surface area contributed by atoms with E-state index in [1.165, 1.54) is 11.8 Å². The summed E-state index contributed by atoms with van der Waals surface area (Å²) in [7, 11) is 0. The Bertz CT molecular complexity index is 425. The summed E-state index contributed by atoms with van der Waals surface area (Å²) in [6.07, 6.45) is 3.31. The molecule has 2 N–H and O–H groups in total. The first-order chi connectivity index (χ1) is 8.75. The van der Waals surface area contributed by atoms with Crippen molar-refractivity contribution in [1.29, 1.82) is 0 Å². The number of aromatic nitrogens is 1. The maximum Gasteiger partial charge on any atom is 0.242 e. The molecule has 0 aromatic carbocycles. The van der Waals surface area contributed by atoms with E-state index in [4.69, 9.17) is 0 Å². The molecule has 5 nitrogen and oxygen atoms in total. The van der Waals surface area contributed by atoms with Gasteiger partial charge in [0.05, 0.1) is 10.8 Å². The quantitative estimate of drug-likeness (QED) is 0.781.